The summed E-state index contributed by atoms with van der Waals surface area (Å²) in [6.07, 6.45) is 12.5. The molecule has 0 spiro atoms. The molecule has 0 radical (unpaired) electrons. The zero-order valence-electron chi connectivity index (χ0n) is 21.5. The molecular formula is C28H35N5O3S. The van der Waals surface area contributed by atoms with Gasteiger partial charge < -0.3 is 5.11 Å². The lowest BCUT2D eigenvalue weighted by atomic mass is 9.81. The average molecular weight is 522 g/mol. The Hall–Kier alpha value is -3.01. The lowest BCUT2D eigenvalue weighted by molar-refractivity contribution is 0.119. The van der Waals surface area contributed by atoms with Crippen LogP contribution >= 0.6 is 0 Å². The van der Waals surface area contributed by atoms with Gasteiger partial charge in [-0.05, 0) is 68.3 Å². The van der Waals surface area contributed by atoms with E-state index in [2.05, 4.69) is 23.0 Å². The van der Waals surface area contributed by atoms with Gasteiger partial charge in [0.1, 0.15) is 0 Å². The monoisotopic (exact) mass is 521 g/mol. The van der Waals surface area contributed by atoms with Gasteiger partial charge in [-0.15, -0.1) is 0 Å². The van der Waals surface area contributed by atoms with Gasteiger partial charge in [-0.1, -0.05) is 25.1 Å². The van der Waals surface area contributed by atoms with Crippen molar-refractivity contribution in [2.24, 2.45) is 7.05 Å². The molecule has 3 aromatic heterocycles. The van der Waals surface area contributed by atoms with Gasteiger partial charge >= 0.3 is 0 Å². The van der Waals surface area contributed by atoms with Crippen LogP contribution in [0.25, 0.3) is 22.2 Å². The van der Waals surface area contributed by atoms with Gasteiger partial charge in [0.05, 0.1) is 17.7 Å². The summed E-state index contributed by atoms with van der Waals surface area (Å²) in [4.78, 5) is 7.38. The Kier molecular flexibility index (Phi) is 7.46. The first-order valence-corrected chi connectivity index (χ1v) is 14.5. The van der Waals surface area contributed by atoms with Crippen LogP contribution in [0.4, 0.5) is 0 Å². The van der Waals surface area contributed by atoms with Gasteiger partial charge in [0.15, 0.2) is 5.65 Å². The number of aliphatic hydroxyl groups excluding tert-OH is 1. The largest absolute Gasteiger partial charge is 0.395 e. The molecule has 5 rings (SSSR count). The summed E-state index contributed by atoms with van der Waals surface area (Å²) in [6, 6.07) is 11.1. The summed E-state index contributed by atoms with van der Waals surface area (Å²) in [5.74, 6) is 0.376. The predicted octanol–water partition coefficient (Wildman–Crippen LogP) is 4.40. The van der Waals surface area contributed by atoms with Crippen LogP contribution in [0.1, 0.15) is 50.5 Å². The van der Waals surface area contributed by atoms with Gasteiger partial charge in [-0.3, -0.25) is 9.58 Å². The summed E-state index contributed by atoms with van der Waals surface area (Å²) in [6.45, 7) is 4.12. The second-order valence-corrected chi connectivity index (χ2v) is 11.8. The number of fused-ring (bicyclic) bond motifs is 1. The molecule has 196 valence electrons. The molecule has 1 fully saturated rings. The van der Waals surface area contributed by atoms with Crippen molar-refractivity contribution >= 4 is 21.1 Å². The highest BCUT2D eigenvalue weighted by molar-refractivity contribution is 7.90. The molecule has 0 aliphatic heterocycles. The third-order valence-electron chi connectivity index (χ3n) is 7.53. The number of aliphatic hydroxyl groups is 1. The summed E-state index contributed by atoms with van der Waals surface area (Å²) < 4.78 is 30.2. The summed E-state index contributed by atoms with van der Waals surface area (Å²) >= 11 is 0. The third-order valence-corrected chi connectivity index (χ3v) is 9.20. The highest BCUT2D eigenvalue weighted by Crippen LogP contribution is 2.38. The first-order valence-electron chi connectivity index (χ1n) is 13.1. The molecule has 0 amide bonds. The quantitative estimate of drug-likeness (QED) is 0.351. The van der Waals surface area contributed by atoms with E-state index in [1.807, 2.05) is 19.4 Å². The Labute approximate surface area is 218 Å². The van der Waals surface area contributed by atoms with Crippen LogP contribution < -0.4 is 0 Å². The van der Waals surface area contributed by atoms with Gasteiger partial charge in [0.2, 0.25) is 0 Å². The van der Waals surface area contributed by atoms with E-state index in [1.54, 1.807) is 47.4 Å². The standard InChI is InChI=1S/C28H35N5O3S/c1-3-13-32(14-15-34)24-11-9-21(10-12-24)22-16-26-27(23-18-30-31(2)19-23)20-33(28(26)29-17-22)37(35,36)25-7-5-4-6-8-25/h4-8,16-21,24,34H,3,9-15H2,1-2H3/t21-,24+. The normalized spacial score (nSPS) is 18.6. The van der Waals surface area contributed by atoms with E-state index in [-0.39, 0.29) is 11.5 Å². The first kappa shape index (κ1) is 25.6. The smallest absolute Gasteiger partial charge is 0.269 e. The van der Waals surface area contributed by atoms with Crippen LogP contribution in [0.3, 0.4) is 0 Å². The van der Waals surface area contributed by atoms with Crippen molar-refractivity contribution in [2.75, 3.05) is 19.7 Å². The van der Waals surface area contributed by atoms with Crippen molar-refractivity contribution < 1.29 is 13.5 Å². The number of nitrogens with zero attached hydrogens (tertiary/aromatic N) is 5. The number of aryl methyl sites for hydroxylation is 1. The SMILES string of the molecule is CCCN(CCO)[C@H]1CC[C@@H](c2cnc3c(c2)c(-c2cnn(C)c2)cn3S(=O)(=O)c2ccccc2)CC1. The van der Waals surface area contributed by atoms with Crippen molar-refractivity contribution in [3.8, 4) is 11.1 Å². The predicted molar refractivity (Wildman–Crippen MR) is 145 cm³/mol. The molecule has 3 heterocycles. The van der Waals surface area contributed by atoms with Crippen molar-refractivity contribution in [1.82, 2.24) is 23.6 Å². The number of pyridine rings is 1. The zero-order chi connectivity index (χ0) is 26.0. The molecular weight excluding hydrogens is 486 g/mol. The average Bonchev–Trinajstić information content (AvgIpc) is 3.52. The fraction of sp³-hybridized carbons (Fsp3) is 0.429. The van der Waals surface area contributed by atoms with Crippen molar-refractivity contribution in [2.45, 2.75) is 55.9 Å². The molecule has 1 N–H and O–H groups in total. The van der Waals surface area contributed by atoms with E-state index in [1.165, 1.54) is 3.97 Å². The molecule has 4 aromatic rings. The van der Waals surface area contributed by atoms with Crippen LogP contribution in [0.15, 0.2) is 66.1 Å². The molecule has 0 bridgehead atoms. The van der Waals surface area contributed by atoms with Crippen molar-refractivity contribution in [3.63, 3.8) is 0 Å². The number of rotatable bonds is 9. The van der Waals surface area contributed by atoms with Crippen LogP contribution in [-0.4, -0.2) is 62.9 Å². The number of benzene rings is 1. The van der Waals surface area contributed by atoms with Crippen molar-refractivity contribution in [1.29, 1.82) is 0 Å². The highest BCUT2D eigenvalue weighted by atomic mass is 32.2. The fourth-order valence-electron chi connectivity index (χ4n) is 5.67. The topological polar surface area (TPSA) is 93.2 Å². The zero-order valence-corrected chi connectivity index (χ0v) is 22.3. The van der Waals surface area contributed by atoms with Crippen LogP contribution in [-0.2, 0) is 17.1 Å². The maximum atomic E-state index is 13.6. The summed E-state index contributed by atoms with van der Waals surface area (Å²) in [5, 5.41) is 14.6. The Balaban J connectivity index is 1.51. The van der Waals surface area contributed by atoms with E-state index < -0.39 is 10.0 Å². The van der Waals surface area contributed by atoms with Crippen LogP contribution in [0.5, 0.6) is 0 Å². The number of hydrogen-bond donors (Lipinski definition) is 1. The molecule has 0 unspecified atom stereocenters. The van der Waals surface area contributed by atoms with Gasteiger partial charge in [0.25, 0.3) is 10.0 Å². The molecule has 1 aromatic carbocycles. The minimum Gasteiger partial charge on any atom is -0.395 e. The Bertz CT molecular complexity index is 1450. The molecule has 0 saturated heterocycles. The van der Waals surface area contributed by atoms with E-state index in [0.717, 1.165) is 67.3 Å². The van der Waals surface area contributed by atoms with Crippen LogP contribution in [0.2, 0.25) is 0 Å². The van der Waals surface area contributed by atoms with E-state index >= 15 is 0 Å². The lowest BCUT2D eigenvalue weighted by Gasteiger charge is -2.36. The molecule has 37 heavy (non-hydrogen) atoms. The first-order chi connectivity index (χ1) is 17.9. The Morgan fingerprint density at radius 2 is 1.81 bits per heavy atom. The number of aromatic nitrogens is 4. The van der Waals surface area contributed by atoms with E-state index in [9.17, 15) is 13.5 Å². The molecule has 1 aliphatic carbocycles. The van der Waals surface area contributed by atoms with Crippen LogP contribution in [0, 0.1) is 0 Å². The summed E-state index contributed by atoms with van der Waals surface area (Å²) in [5.41, 5.74) is 3.24. The van der Waals surface area contributed by atoms with Gasteiger partial charge in [0, 0.05) is 54.7 Å². The molecule has 9 heteroatoms. The summed E-state index contributed by atoms with van der Waals surface area (Å²) in [7, 11) is -1.96. The molecule has 1 saturated carbocycles. The molecule has 1 aliphatic rings. The van der Waals surface area contributed by atoms with E-state index in [0.29, 0.717) is 17.6 Å². The molecule has 0 atom stereocenters. The van der Waals surface area contributed by atoms with Gasteiger partial charge in [-0.2, -0.15) is 5.10 Å². The van der Waals surface area contributed by atoms with Crippen molar-refractivity contribution in [3.05, 3.63) is 66.7 Å². The molecule has 8 nitrogen and oxygen atoms in total. The Morgan fingerprint density at radius 1 is 1.05 bits per heavy atom. The third kappa shape index (κ3) is 5.08. The number of hydrogen-bond acceptors (Lipinski definition) is 6. The second-order valence-electron chi connectivity index (χ2n) is 9.96. The fourth-order valence-corrected chi connectivity index (χ4v) is 7.01. The maximum Gasteiger partial charge on any atom is 0.269 e. The van der Waals surface area contributed by atoms with Gasteiger partial charge in [-0.25, -0.2) is 17.4 Å². The lowest BCUT2D eigenvalue weighted by Crippen LogP contribution is -2.40. The minimum atomic E-state index is -3.81. The minimum absolute atomic E-state index is 0.195. The Morgan fingerprint density at radius 3 is 2.46 bits per heavy atom. The van der Waals surface area contributed by atoms with E-state index in [4.69, 9.17) is 4.98 Å². The highest BCUT2D eigenvalue weighted by Gasteiger charge is 2.28. The maximum absolute atomic E-state index is 13.6. The second kappa shape index (κ2) is 10.8.